The van der Waals surface area contributed by atoms with Gasteiger partial charge in [0.2, 0.25) is 5.28 Å². The highest BCUT2D eigenvalue weighted by Crippen LogP contribution is 2.28. The van der Waals surface area contributed by atoms with Crippen LogP contribution in [0.15, 0.2) is 60.8 Å². The molecule has 2 atom stereocenters. The summed E-state index contributed by atoms with van der Waals surface area (Å²) in [6.45, 7) is 1.66. The minimum Gasteiger partial charge on any atom is -0.480 e. The van der Waals surface area contributed by atoms with E-state index in [4.69, 9.17) is 11.6 Å². The topological polar surface area (TPSA) is 112 Å². The van der Waals surface area contributed by atoms with Crippen molar-refractivity contribution in [2.45, 2.75) is 25.4 Å². The number of nitrogens with zero attached hydrogens (tertiary/aromatic N) is 3. The van der Waals surface area contributed by atoms with Crippen LogP contribution < -0.4 is 5.32 Å². The Bertz CT molecular complexity index is 1170. The summed E-state index contributed by atoms with van der Waals surface area (Å²) in [4.78, 5) is 46.7. The molecule has 0 spiro atoms. The Morgan fingerprint density at radius 3 is 2.25 bits per heavy atom. The van der Waals surface area contributed by atoms with Crippen LogP contribution in [-0.4, -0.2) is 43.8 Å². The average molecular weight is 451 g/mol. The number of amides is 2. The zero-order valence-electron chi connectivity index (χ0n) is 17.0. The number of carboxylic acid groups (broad SMARTS) is 1. The molecule has 1 aliphatic heterocycles. The summed E-state index contributed by atoms with van der Waals surface area (Å²) < 4.78 is 0. The Morgan fingerprint density at radius 1 is 1.06 bits per heavy atom. The largest absolute Gasteiger partial charge is 0.480 e. The third kappa shape index (κ3) is 4.04. The number of hydrogen-bond donors (Lipinski definition) is 2. The molecular weight excluding hydrogens is 432 g/mol. The maximum Gasteiger partial charge on any atom is 0.326 e. The molecule has 0 radical (unpaired) electrons. The summed E-state index contributed by atoms with van der Waals surface area (Å²) >= 11 is 5.97. The fourth-order valence-corrected chi connectivity index (χ4v) is 3.81. The second kappa shape index (κ2) is 8.76. The van der Waals surface area contributed by atoms with Crippen molar-refractivity contribution in [1.82, 2.24) is 14.9 Å². The van der Waals surface area contributed by atoms with Crippen molar-refractivity contribution in [3.05, 3.63) is 88.3 Å². The molecule has 2 heterocycles. The Kier molecular flexibility index (Phi) is 5.87. The minimum absolute atomic E-state index is 0.0879. The number of hydrogen-bond acceptors (Lipinski definition) is 6. The molecule has 0 saturated carbocycles. The number of rotatable bonds is 7. The molecule has 4 rings (SSSR count). The number of aliphatic carboxylic acids is 1. The zero-order valence-corrected chi connectivity index (χ0v) is 17.8. The fraction of sp³-hybridized carbons (Fsp3) is 0.174. The van der Waals surface area contributed by atoms with Crippen molar-refractivity contribution in [1.29, 1.82) is 0 Å². The van der Waals surface area contributed by atoms with E-state index in [1.807, 2.05) is 30.3 Å². The quantitative estimate of drug-likeness (QED) is 0.417. The summed E-state index contributed by atoms with van der Waals surface area (Å²) in [5.41, 5.74) is 1.84. The number of halogens is 1. The highest BCUT2D eigenvalue weighted by Gasteiger charge is 2.36. The van der Waals surface area contributed by atoms with Gasteiger partial charge in [0.25, 0.3) is 11.8 Å². The van der Waals surface area contributed by atoms with E-state index in [2.05, 4.69) is 15.3 Å². The SMILES string of the molecule is CC(c1ccccc1)C(Nc1nc(Cl)ncc1CN1C(=O)c2ccccc2C1=O)C(=O)O. The molecule has 2 amide bonds. The van der Waals surface area contributed by atoms with Crippen molar-refractivity contribution in [2.24, 2.45) is 0 Å². The van der Waals surface area contributed by atoms with Crippen LogP contribution in [0.4, 0.5) is 5.82 Å². The number of carbonyl (C=O) groups excluding carboxylic acids is 2. The number of aromatic nitrogens is 2. The number of carbonyl (C=O) groups is 3. The second-order valence-corrected chi connectivity index (χ2v) is 7.75. The molecule has 9 heteroatoms. The number of carboxylic acids is 1. The predicted molar refractivity (Wildman–Crippen MR) is 118 cm³/mol. The van der Waals surface area contributed by atoms with Crippen molar-refractivity contribution in [3.63, 3.8) is 0 Å². The van der Waals surface area contributed by atoms with Crippen molar-refractivity contribution in [3.8, 4) is 0 Å². The van der Waals surface area contributed by atoms with E-state index < -0.39 is 29.7 Å². The Hall–Kier alpha value is -3.78. The van der Waals surface area contributed by atoms with Gasteiger partial charge in [0.15, 0.2) is 0 Å². The van der Waals surface area contributed by atoms with E-state index in [0.29, 0.717) is 16.7 Å². The van der Waals surface area contributed by atoms with Crippen LogP contribution in [0.2, 0.25) is 5.28 Å². The lowest BCUT2D eigenvalue weighted by molar-refractivity contribution is -0.138. The molecule has 0 aliphatic carbocycles. The highest BCUT2D eigenvalue weighted by molar-refractivity contribution is 6.28. The first-order valence-corrected chi connectivity index (χ1v) is 10.3. The van der Waals surface area contributed by atoms with E-state index in [1.54, 1.807) is 31.2 Å². The number of anilines is 1. The standard InChI is InChI=1S/C23H19ClN4O4/c1-13(14-7-3-2-4-8-14)18(22(31)32)26-19-15(11-25-23(24)27-19)12-28-20(29)16-9-5-6-10-17(16)21(28)30/h2-11,13,18H,12H2,1H3,(H,31,32)(H,25,26,27). The summed E-state index contributed by atoms with van der Waals surface area (Å²) in [5.74, 6) is -2.20. The number of fused-ring (bicyclic) bond motifs is 1. The molecule has 0 bridgehead atoms. The van der Waals surface area contributed by atoms with E-state index in [9.17, 15) is 19.5 Å². The molecule has 2 N–H and O–H groups in total. The zero-order chi connectivity index (χ0) is 22.8. The molecule has 1 aliphatic rings. The van der Waals surface area contributed by atoms with Gasteiger partial charge in [0, 0.05) is 17.7 Å². The number of benzene rings is 2. The van der Waals surface area contributed by atoms with Crippen LogP contribution in [0.5, 0.6) is 0 Å². The molecule has 8 nitrogen and oxygen atoms in total. The summed E-state index contributed by atoms with van der Waals surface area (Å²) in [5, 5.41) is 12.7. The van der Waals surface area contributed by atoms with E-state index in [0.717, 1.165) is 10.5 Å². The summed E-state index contributed by atoms with van der Waals surface area (Å²) in [6, 6.07) is 14.7. The molecule has 2 unspecified atom stereocenters. The van der Waals surface area contributed by atoms with Crippen molar-refractivity contribution >= 4 is 35.2 Å². The van der Waals surface area contributed by atoms with Crippen LogP contribution in [0.3, 0.4) is 0 Å². The van der Waals surface area contributed by atoms with Gasteiger partial charge in [0.1, 0.15) is 11.9 Å². The molecule has 1 aromatic heterocycles. The fourth-order valence-electron chi connectivity index (χ4n) is 3.68. The molecule has 162 valence electrons. The van der Waals surface area contributed by atoms with Gasteiger partial charge in [-0.2, -0.15) is 0 Å². The van der Waals surface area contributed by atoms with Gasteiger partial charge in [-0.15, -0.1) is 0 Å². The summed E-state index contributed by atoms with van der Waals surface area (Å²) in [7, 11) is 0. The van der Waals surface area contributed by atoms with Gasteiger partial charge in [-0.05, 0) is 29.3 Å². The Labute approximate surface area is 188 Å². The molecule has 3 aromatic rings. The van der Waals surface area contributed by atoms with Crippen molar-refractivity contribution < 1.29 is 19.5 Å². The lowest BCUT2D eigenvalue weighted by Crippen LogP contribution is -2.36. The third-order valence-corrected chi connectivity index (χ3v) is 5.61. The lowest BCUT2D eigenvalue weighted by atomic mass is 9.93. The minimum atomic E-state index is -1.08. The van der Waals surface area contributed by atoms with Gasteiger partial charge in [-0.3, -0.25) is 14.5 Å². The van der Waals surface area contributed by atoms with Crippen molar-refractivity contribution in [2.75, 3.05) is 5.32 Å². The van der Waals surface area contributed by atoms with Crippen LogP contribution >= 0.6 is 11.6 Å². The molecule has 0 saturated heterocycles. The molecule has 32 heavy (non-hydrogen) atoms. The van der Waals surface area contributed by atoms with E-state index >= 15 is 0 Å². The van der Waals surface area contributed by atoms with Gasteiger partial charge in [-0.1, -0.05) is 49.4 Å². The van der Waals surface area contributed by atoms with Gasteiger partial charge in [-0.25, -0.2) is 14.8 Å². The van der Waals surface area contributed by atoms with Gasteiger partial charge < -0.3 is 10.4 Å². The van der Waals surface area contributed by atoms with E-state index in [1.165, 1.54) is 6.20 Å². The molecule has 2 aromatic carbocycles. The molecule has 0 fully saturated rings. The average Bonchev–Trinajstić information content (AvgIpc) is 3.04. The van der Waals surface area contributed by atoms with Crippen LogP contribution in [-0.2, 0) is 11.3 Å². The maximum absolute atomic E-state index is 12.7. The monoisotopic (exact) mass is 450 g/mol. The lowest BCUT2D eigenvalue weighted by Gasteiger charge is -2.24. The predicted octanol–water partition coefficient (Wildman–Crippen LogP) is 3.60. The van der Waals surface area contributed by atoms with Gasteiger partial charge in [0.05, 0.1) is 17.7 Å². The van der Waals surface area contributed by atoms with Crippen LogP contribution in [0.1, 0.15) is 44.7 Å². The maximum atomic E-state index is 12.7. The van der Waals surface area contributed by atoms with Gasteiger partial charge >= 0.3 is 5.97 Å². The Morgan fingerprint density at radius 2 is 1.66 bits per heavy atom. The number of nitrogens with one attached hydrogen (secondary N) is 1. The first-order valence-electron chi connectivity index (χ1n) is 9.87. The van der Waals surface area contributed by atoms with E-state index in [-0.39, 0.29) is 17.6 Å². The second-order valence-electron chi connectivity index (χ2n) is 7.41. The van der Waals surface area contributed by atoms with Crippen LogP contribution in [0.25, 0.3) is 0 Å². The highest BCUT2D eigenvalue weighted by atomic mass is 35.5. The summed E-state index contributed by atoms with van der Waals surface area (Å²) in [6.07, 6.45) is 1.38. The van der Waals surface area contributed by atoms with Crippen LogP contribution in [0, 0.1) is 0 Å². The Balaban J connectivity index is 1.63. The normalized spacial score (nSPS) is 14.8. The third-order valence-electron chi connectivity index (χ3n) is 5.43. The first kappa shape index (κ1) is 21.5. The molecular formula is C23H19ClN4O4. The first-order chi connectivity index (χ1) is 15.4. The smallest absolute Gasteiger partial charge is 0.326 e. The number of imide groups is 1.